The first kappa shape index (κ1) is 25.3. The van der Waals surface area contributed by atoms with E-state index in [-0.39, 0.29) is 11.6 Å². The molecule has 2 heterocycles. The van der Waals surface area contributed by atoms with Gasteiger partial charge in [0.05, 0.1) is 22.8 Å². The Labute approximate surface area is 240 Å². The zero-order valence-electron chi connectivity index (χ0n) is 20.6. The van der Waals surface area contributed by atoms with E-state index in [2.05, 4.69) is 10.3 Å². The van der Waals surface area contributed by atoms with Crippen LogP contribution < -0.4 is 10.9 Å². The molecule has 0 aliphatic carbocycles. The standard InChI is InChI=1S/C31H22Cl2N4OS/c32-20-15-16-23-25(17-20)35-30(38)29(28(23)19-9-3-1-4-10-19)26-18-27(22-13-7-8-14-24(22)33)37(36-26)31(39)34-21-11-5-2-6-12-21/h1-17,27H,18H2,(H,34,39)(H,35,38)/t27-/m1/s1. The molecular formula is C31H22Cl2N4OS. The molecule has 5 nitrogen and oxygen atoms in total. The zero-order chi connectivity index (χ0) is 26.9. The van der Waals surface area contributed by atoms with Crippen molar-refractivity contribution in [2.75, 3.05) is 5.32 Å². The predicted octanol–water partition coefficient (Wildman–Crippen LogP) is 8.05. The van der Waals surface area contributed by atoms with Gasteiger partial charge in [-0.1, -0.05) is 96.0 Å². The number of H-pyrrole nitrogens is 1. The number of hydrogen-bond acceptors (Lipinski definition) is 3. The molecule has 0 saturated heterocycles. The summed E-state index contributed by atoms with van der Waals surface area (Å²) in [4.78, 5) is 16.8. The van der Waals surface area contributed by atoms with Crippen molar-refractivity contribution in [1.29, 1.82) is 0 Å². The summed E-state index contributed by atoms with van der Waals surface area (Å²) in [6.45, 7) is 0. The molecule has 0 saturated carbocycles. The van der Waals surface area contributed by atoms with Gasteiger partial charge in [0, 0.05) is 33.1 Å². The van der Waals surface area contributed by atoms with Crippen LogP contribution in [0.25, 0.3) is 22.0 Å². The molecule has 39 heavy (non-hydrogen) atoms. The number of rotatable bonds is 4. The van der Waals surface area contributed by atoms with Crippen LogP contribution in [0.4, 0.5) is 5.69 Å². The number of hydrazone groups is 1. The van der Waals surface area contributed by atoms with Gasteiger partial charge < -0.3 is 10.3 Å². The Kier molecular flexibility index (Phi) is 6.92. The molecule has 1 aliphatic heterocycles. The number of anilines is 1. The number of pyridine rings is 1. The second kappa shape index (κ2) is 10.7. The van der Waals surface area contributed by atoms with Gasteiger partial charge in [-0.25, -0.2) is 5.01 Å². The van der Waals surface area contributed by atoms with E-state index in [1.165, 1.54) is 0 Å². The minimum absolute atomic E-state index is 0.246. The Morgan fingerprint density at radius 2 is 1.59 bits per heavy atom. The van der Waals surface area contributed by atoms with Crippen LogP contribution in [-0.2, 0) is 0 Å². The topological polar surface area (TPSA) is 60.5 Å². The third-order valence-corrected chi connectivity index (χ3v) is 7.60. The highest BCUT2D eigenvalue weighted by Crippen LogP contribution is 2.39. The number of halogens is 2. The van der Waals surface area contributed by atoms with Crippen LogP contribution in [0, 0.1) is 0 Å². The van der Waals surface area contributed by atoms with E-state index in [1.54, 1.807) is 11.1 Å². The van der Waals surface area contributed by atoms with Gasteiger partial charge in [0.1, 0.15) is 0 Å². The van der Waals surface area contributed by atoms with Crippen LogP contribution >= 0.6 is 35.4 Å². The molecule has 0 spiro atoms. The molecule has 6 rings (SSSR count). The van der Waals surface area contributed by atoms with Gasteiger partial charge in [-0.2, -0.15) is 5.10 Å². The lowest BCUT2D eigenvalue weighted by molar-refractivity contribution is 0.375. The lowest BCUT2D eigenvalue weighted by atomic mass is 9.91. The lowest BCUT2D eigenvalue weighted by Crippen LogP contribution is -2.31. The van der Waals surface area contributed by atoms with Gasteiger partial charge in [-0.15, -0.1) is 0 Å². The van der Waals surface area contributed by atoms with E-state index in [9.17, 15) is 4.79 Å². The summed E-state index contributed by atoms with van der Waals surface area (Å²) in [7, 11) is 0. The van der Waals surface area contributed by atoms with Crippen molar-refractivity contribution < 1.29 is 0 Å². The first-order chi connectivity index (χ1) is 19.0. The number of para-hydroxylation sites is 1. The molecular weight excluding hydrogens is 547 g/mol. The molecule has 2 N–H and O–H groups in total. The zero-order valence-corrected chi connectivity index (χ0v) is 22.9. The fraction of sp³-hybridized carbons (Fsp3) is 0.0645. The average Bonchev–Trinajstić information content (AvgIpc) is 3.38. The van der Waals surface area contributed by atoms with E-state index in [4.69, 9.17) is 40.5 Å². The van der Waals surface area contributed by atoms with E-state index in [1.807, 2.05) is 97.1 Å². The monoisotopic (exact) mass is 568 g/mol. The van der Waals surface area contributed by atoms with Crippen molar-refractivity contribution in [2.24, 2.45) is 5.10 Å². The van der Waals surface area contributed by atoms with E-state index < -0.39 is 0 Å². The fourth-order valence-electron chi connectivity index (χ4n) is 4.99. The second-order valence-electron chi connectivity index (χ2n) is 9.19. The maximum atomic E-state index is 13.7. The summed E-state index contributed by atoms with van der Waals surface area (Å²) in [6, 6.07) is 32.4. The molecule has 1 aromatic heterocycles. The Balaban J connectivity index is 1.53. The highest BCUT2D eigenvalue weighted by molar-refractivity contribution is 7.80. The number of benzene rings is 4. The number of nitrogens with zero attached hydrogens (tertiary/aromatic N) is 2. The second-order valence-corrected chi connectivity index (χ2v) is 10.4. The van der Waals surface area contributed by atoms with Crippen molar-refractivity contribution in [3.8, 4) is 11.1 Å². The summed E-state index contributed by atoms with van der Waals surface area (Å²) in [5.74, 6) is 0. The number of aromatic nitrogens is 1. The lowest BCUT2D eigenvalue weighted by Gasteiger charge is -2.25. The number of hydrogen-bond donors (Lipinski definition) is 2. The number of thiocarbonyl (C=S) groups is 1. The van der Waals surface area contributed by atoms with Crippen LogP contribution in [-0.4, -0.2) is 20.8 Å². The smallest absolute Gasteiger partial charge is 0.258 e. The Morgan fingerprint density at radius 1 is 0.897 bits per heavy atom. The van der Waals surface area contributed by atoms with Gasteiger partial charge >= 0.3 is 0 Å². The Hall–Kier alpha value is -3.97. The fourth-order valence-corrected chi connectivity index (χ4v) is 5.71. The third kappa shape index (κ3) is 4.94. The molecule has 0 bridgehead atoms. The van der Waals surface area contributed by atoms with Crippen LogP contribution in [0.15, 0.2) is 113 Å². The number of aromatic amines is 1. The number of fused-ring (bicyclic) bond motifs is 1. The van der Waals surface area contributed by atoms with Gasteiger partial charge in [-0.3, -0.25) is 4.79 Å². The Morgan fingerprint density at radius 3 is 2.33 bits per heavy atom. The maximum absolute atomic E-state index is 13.7. The molecule has 4 aromatic carbocycles. The van der Waals surface area contributed by atoms with Gasteiger partial charge in [0.25, 0.3) is 5.56 Å². The van der Waals surface area contributed by atoms with Crippen LogP contribution in [0.2, 0.25) is 10.0 Å². The maximum Gasteiger partial charge on any atom is 0.258 e. The molecule has 1 aliphatic rings. The first-order valence-corrected chi connectivity index (χ1v) is 13.5. The molecule has 0 unspecified atom stereocenters. The van der Waals surface area contributed by atoms with Gasteiger partial charge in [0.2, 0.25) is 0 Å². The summed E-state index contributed by atoms with van der Waals surface area (Å²) in [5.41, 5.74) is 4.96. The van der Waals surface area contributed by atoms with Crippen LogP contribution in [0.1, 0.15) is 23.6 Å². The highest BCUT2D eigenvalue weighted by Gasteiger charge is 2.35. The average molecular weight is 570 g/mol. The summed E-state index contributed by atoms with van der Waals surface area (Å²) in [5, 5.41) is 12.4. The predicted molar refractivity (Wildman–Crippen MR) is 165 cm³/mol. The molecule has 8 heteroatoms. The first-order valence-electron chi connectivity index (χ1n) is 12.4. The van der Waals surface area contributed by atoms with Crippen molar-refractivity contribution in [3.63, 3.8) is 0 Å². The minimum atomic E-state index is -0.304. The number of nitrogens with one attached hydrogen (secondary N) is 2. The molecule has 0 fully saturated rings. The SMILES string of the molecule is O=c1[nH]c2cc(Cl)ccc2c(-c2ccccc2)c1C1=NN(C(=S)Nc2ccccc2)[C@@H](c2ccccc2Cl)C1. The van der Waals surface area contributed by atoms with Crippen LogP contribution in [0.3, 0.4) is 0 Å². The van der Waals surface area contributed by atoms with Crippen molar-refractivity contribution in [1.82, 2.24) is 9.99 Å². The molecule has 0 amide bonds. The molecule has 5 aromatic rings. The quantitative estimate of drug-likeness (QED) is 0.215. The molecule has 0 radical (unpaired) electrons. The summed E-state index contributed by atoms with van der Waals surface area (Å²) >= 11 is 18.8. The largest absolute Gasteiger partial charge is 0.331 e. The van der Waals surface area contributed by atoms with Gasteiger partial charge in [-0.05, 0) is 53.7 Å². The van der Waals surface area contributed by atoms with Gasteiger partial charge in [0.15, 0.2) is 5.11 Å². The molecule has 192 valence electrons. The van der Waals surface area contributed by atoms with Crippen molar-refractivity contribution >= 4 is 62.8 Å². The molecule has 1 atom stereocenters. The third-order valence-electron chi connectivity index (χ3n) is 6.73. The normalized spacial score (nSPS) is 14.9. The summed E-state index contributed by atoms with van der Waals surface area (Å²) in [6.07, 6.45) is 0.433. The van der Waals surface area contributed by atoms with Crippen molar-refractivity contribution in [2.45, 2.75) is 12.5 Å². The minimum Gasteiger partial charge on any atom is -0.331 e. The van der Waals surface area contributed by atoms with Crippen LogP contribution in [0.5, 0.6) is 0 Å². The van der Waals surface area contributed by atoms with E-state index >= 15 is 0 Å². The highest BCUT2D eigenvalue weighted by atomic mass is 35.5. The van der Waals surface area contributed by atoms with E-state index in [0.29, 0.717) is 38.4 Å². The Bertz CT molecular complexity index is 1790. The van der Waals surface area contributed by atoms with Crippen molar-refractivity contribution in [3.05, 3.63) is 135 Å². The summed E-state index contributed by atoms with van der Waals surface area (Å²) < 4.78 is 0. The van der Waals surface area contributed by atoms with E-state index in [0.717, 1.165) is 27.8 Å².